The van der Waals surface area contributed by atoms with Gasteiger partial charge in [0.25, 0.3) is 0 Å². The van der Waals surface area contributed by atoms with Crippen LogP contribution in [0.1, 0.15) is 44.9 Å². The third-order valence-corrected chi connectivity index (χ3v) is 4.56. The summed E-state index contributed by atoms with van der Waals surface area (Å²) in [6, 6.07) is 0.580. The molecule has 0 aromatic carbocycles. The van der Waals surface area contributed by atoms with E-state index in [0.29, 0.717) is 12.0 Å². The summed E-state index contributed by atoms with van der Waals surface area (Å²) < 4.78 is 5.91. The highest BCUT2D eigenvalue weighted by atomic mass is 16.5. The molecule has 18 heavy (non-hydrogen) atoms. The molecule has 0 radical (unpaired) electrons. The summed E-state index contributed by atoms with van der Waals surface area (Å²) in [6.07, 6.45) is 8.24. The maximum atomic E-state index is 11.5. The predicted octanol–water partition coefficient (Wildman–Crippen LogP) is 1.20. The second-order valence-electron chi connectivity index (χ2n) is 6.09. The number of nitrogens with one attached hydrogen (secondary N) is 2. The molecule has 4 heteroatoms. The van der Waals surface area contributed by atoms with Crippen molar-refractivity contribution in [1.82, 2.24) is 10.6 Å². The Hall–Kier alpha value is -0.610. The van der Waals surface area contributed by atoms with E-state index in [1.165, 1.54) is 19.3 Å². The van der Waals surface area contributed by atoms with Crippen LogP contribution in [0.5, 0.6) is 0 Å². The van der Waals surface area contributed by atoms with Crippen molar-refractivity contribution in [2.45, 2.75) is 56.6 Å². The molecular weight excluding hydrogens is 228 g/mol. The molecule has 1 atom stereocenters. The van der Waals surface area contributed by atoms with E-state index in [2.05, 4.69) is 10.6 Å². The maximum absolute atomic E-state index is 11.5. The first-order chi connectivity index (χ1) is 8.77. The third kappa shape index (κ3) is 2.86. The molecule has 2 aliphatic carbocycles. The summed E-state index contributed by atoms with van der Waals surface area (Å²) in [7, 11) is 0. The van der Waals surface area contributed by atoms with E-state index in [0.717, 1.165) is 45.4 Å². The number of ether oxygens (including phenoxy) is 1. The Morgan fingerprint density at radius 1 is 1.22 bits per heavy atom. The SMILES string of the molecule is O=C(NCCNC1CCOC2(CCC2)C1)C1CC1. The van der Waals surface area contributed by atoms with Crippen molar-refractivity contribution in [1.29, 1.82) is 0 Å². The molecule has 0 aromatic rings. The van der Waals surface area contributed by atoms with Gasteiger partial charge in [0.05, 0.1) is 5.60 Å². The monoisotopic (exact) mass is 252 g/mol. The molecule has 4 nitrogen and oxygen atoms in total. The number of hydrogen-bond donors (Lipinski definition) is 2. The number of hydrogen-bond acceptors (Lipinski definition) is 3. The zero-order valence-corrected chi connectivity index (χ0v) is 11.0. The van der Waals surface area contributed by atoms with E-state index < -0.39 is 0 Å². The zero-order valence-electron chi connectivity index (χ0n) is 11.0. The molecule has 2 saturated carbocycles. The van der Waals surface area contributed by atoms with Gasteiger partial charge in [-0.05, 0) is 44.9 Å². The van der Waals surface area contributed by atoms with Crippen LogP contribution in [0.3, 0.4) is 0 Å². The second-order valence-corrected chi connectivity index (χ2v) is 6.09. The van der Waals surface area contributed by atoms with Crippen LogP contribution in [0, 0.1) is 5.92 Å². The summed E-state index contributed by atoms with van der Waals surface area (Å²) >= 11 is 0. The van der Waals surface area contributed by atoms with Crippen LogP contribution >= 0.6 is 0 Å². The quantitative estimate of drug-likeness (QED) is 0.723. The fourth-order valence-electron chi connectivity index (χ4n) is 3.07. The largest absolute Gasteiger partial charge is 0.375 e. The standard InChI is InChI=1S/C14H24N2O2/c17-13(11-2-3-11)16-8-7-15-12-4-9-18-14(10-12)5-1-6-14/h11-12,15H,1-10H2,(H,16,17). The predicted molar refractivity (Wildman–Crippen MR) is 69.3 cm³/mol. The van der Waals surface area contributed by atoms with Gasteiger partial charge in [0, 0.05) is 31.7 Å². The lowest BCUT2D eigenvalue weighted by Crippen LogP contribution is -2.51. The lowest BCUT2D eigenvalue weighted by atomic mass is 9.74. The molecular formula is C14H24N2O2. The van der Waals surface area contributed by atoms with Crippen LogP contribution in [0.4, 0.5) is 0 Å². The Morgan fingerprint density at radius 2 is 2.06 bits per heavy atom. The lowest BCUT2D eigenvalue weighted by molar-refractivity contribution is -0.135. The van der Waals surface area contributed by atoms with Crippen molar-refractivity contribution in [2.75, 3.05) is 19.7 Å². The van der Waals surface area contributed by atoms with E-state index in [-0.39, 0.29) is 11.5 Å². The van der Waals surface area contributed by atoms with E-state index in [9.17, 15) is 4.79 Å². The normalized spacial score (nSPS) is 29.9. The molecule has 1 heterocycles. The summed E-state index contributed by atoms with van der Waals surface area (Å²) in [5.41, 5.74) is 0.215. The van der Waals surface area contributed by atoms with Crippen LogP contribution in [0.25, 0.3) is 0 Å². The van der Waals surface area contributed by atoms with E-state index in [4.69, 9.17) is 4.74 Å². The first-order valence-electron chi connectivity index (χ1n) is 7.43. The smallest absolute Gasteiger partial charge is 0.223 e. The first-order valence-corrected chi connectivity index (χ1v) is 7.43. The van der Waals surface area contributed by atoms with Gasteiger partial charge in [0.2, 0.25) is 5.91 Å². The minimum absolute atomic E-state index is 0.215. The van der Waals surface area contributed by atoms with Gasteiger partial charge in [-0.15, -0.1) is 0 Å². The Bertz CT molecular complexity index is 311. The Labute approximate surface area is 109 Å². The van der Waals surface area contributed by atoms with Gasteiger partial charge in [-0.1, -0.05) is 0 Å². The van der Waals surface area contributed by atoms with Crippen LogP contribution in [-0.2, 0) is 9.53 Å². The van der Waals surface area contributed by atoms with Gasteiger partial charge < -0.3 is 15.4 Å². The van der Waals surface area contributed by atoms with Gasteiger partial charge in [0.1, 0.15) is 0 Å². The molecule has 0 bridgehead atoms. The first kappa shape index (κ1) is 12.4. The number of amides is 1. The highest BCUT2D eigenvalue weighted by Crippen LogP contribution is 2.42. The summed E-state index contributed by atoms with van der Waals surface area (Å²) in [6.45, 7) is 2.55. The van der Waals surface area contributed by atoms with Crippen molar-refractivity contribution in [3.63, 3.8) is 0 Å². The van der Waals surface area contributed by atoms with Crippen molar-refractivity contribution in [3.8, 4) is 0 Å². The summed E-state index contributed by atoms with van der Waals surface area (Å²) in [5, 5.41) is 6.57. The minimum Gasteiger partial charge on any atom is -0.375 e. The lowest BCUT2D eigenvalue weighted by Gasteiger charge is -2.47. The molecule has 102 valence electrons. The molecule has 0 aromatic heterocycles. The summed E-state index contributed by atoms with van der Waals surface area (Å²) in [5.74, 6) is 0.575. The fourth-order valence-corrected chi connectivity index (χ4v) is 3.07. The summed E-state index contributed by atoms with van der Waals surface area (Å²) in [4.78, 5) is 11.5. The van der Waals surface area contributed by atoms with Gasteiger partial charge in [-0.25, -0.2) is 0 Å². The van der Waals surface area contributed by atoms with E-state index in [1.54, 1.807) is 0 Å². The van der Waals surface area contributed by atoms with Crippen molar-refractivity contribution >= 4 is 5.91 Å². The molecule has 3 rings (SSSR count). The highest BCUT2D eigenvalue weighted by Gasteiger charge is 2.42. The van der Waals surface area contributed by atoms with Gasteiger partial charge in [-0.3, -0.25) is 4.79 Å². The van der Waals surface area contributed by atoms with Crippen molar-refractivity contribution in [3.05, 3.63) is 0 Å². The topological polar surface area (TPSA) is 50.4 Å². The minimum atomic E-state index is 0.215. The van der Waals surface area contributed by atoms with Crippen molar-refractivity contribution in [2.24, 2.45) is 5.92 Å². The molecule has 3 fully saturated rings. The van der Waals surface area contributed by atoms with E-state index in [1.807, 2.05) is 0 Å². The van der Waals surface area contributed by atoms with Crippen LogP contribution in [-0.4, -0.2) is 37.2 Å². The molecule has 3 aliphatic rings. The fraction of sp³-hybridized carbons (Fsp3) is 0.929. The van der Waals surface area contributed by atoms with Crippen LogP contribution < -0.4 is 10.6 Å². The molecule has 1 unspecified atom stereocenters. The maximum Gasteiger partial charge on any atom is 0.223 e. The van der Waals surface area contributed by atoms with Crippen LogP contribution in [0.15, 0.2) is 0 Å². The second kappa shape index (κ2) is 5.17. The van der Waals surface area contributed by atoms with Crippen molar-refractivity contribution < 1.29 is 9.53 Å². The van der Waals surface area contributed by atoms with E-state index >= 15 is 0 Å². The van der Waals surface area contributed by atoms with Crippen LogP contribution in [0.2, 0.25) is 0 Å². The number of rotatable bonds is 5. The molecule has 1 spiro atoms. The average molecular weight is 252 g/mol. The Morgan fingerprint density at radius 3 is 2.72 bits per heavy atom. The molecule has 1 aliphatic heterocycles. The molecule has 1 amide bonds. The third-order valence-electron chi connectivity index (χ3n) is 4.56. The number of carbonyl (C=O) groups is 1. The van der Waals surface area contributed by atoms with Gasteiger partial charge >= 0.3 is 0 Å². The average Bonchev–Trinajstić information content (AvgIpc) is 3.17. The Balaban J connectivity index is 1.31. The van der Waals surface area contributed by atoms with Gasteiger partial charge in [-0.2, -0.15) is 0 Å². The number of carbonyl (C=O) groups excluding carboxylic acids is 1. The molecule has 2 N–H and O–H groups in total. The Kier molecular flexibility index (Phi) is 3.57. The zero-order chi connectivity index (χ0) is 12.4. The van der Waals surface area contributed by atoms with Gasteiger partial charge in [0.15, 0.2) is 0 Å². The highest BCUT2D eigenvalue weighted by molar-refractivity contribution is 5.80. The molecule has 1 saturated heterocycles.